The summed E-state index contributed by atoms with van der Waals surface area (Å²) < 4.78 is 0. The fraction of sp³-hybridized carbons (Fsp3) is 0. The number of H-pyrrole nitrogens is 1. The van der Waals surface area contributed by atoms with Gasteiger partial charge in [0, 0.05) is 32.8 Å². The maximum atomic E-state index is 12.5. The number of rotatable bonds is 4. The molecule has 3 aromatic carbocycles. The molecular weight excluding hydrogens is 425 g/mol. The number of aromatic amines is 1. The lowest BCUT2D eigenvalue weighted by Gasteiger charge is -2.08. The number of nitrogens with one attached hydrogen (secondary N) is 2. The summed E-state index contributed by atoms with van der Waals surface area (Å²) in [5, 5.41) is 3.98. The molecule has 1 aromatic heterocycles. The Kier molecular flexibility index (Phi) is 5.62. The molecule has 0 saturated heterocycles. The second kappa shape index (κ2) is 8.33. The molecule has 7 heteroatoms. The van der Waals surface area contributed by atoms with E-state index >= 15 is 0 Å². The molecule has 0 radical (unpaired) electrons. The number of thiol groups is 1. The standard InChI is InChI=1S/C22H15Cl2N3OS/c23-15-9-10-20(29)18(11-15)27-22(28)14-7-5-13(6-8-14)19-12-25-21(26-19)16-3-1-2-4-17(16)24/h1-12,29H,(H,25,26)(H,27,28). The number of benzene rings is 3. The molecule has 0 saturated carbocycles. The van der Waals surface area contributed by atoms with Gasteiger partial charge in [-0.1, -0.05) is 47.5 Å². The summed E-state index contributed by atoms with van der Waals surface area (Å²) in [5.74, 6) is 0.447. The number of nitrogens with zero attached hydrogens (tertiary/aromatic N) is 1. The van der Waals surface area contributed by atoms with Crippen LogP contribution < -0.4 is 5.32 Å². The zero-order valence-corrected chi connectivity index (χ0v) is 17.4. The Hall–Kier alpha value is -2.73. The van der Waals surface area contributed by atoms with E-state index in [1.54, 1.807) is 30.3 Å². The molecule has 0 spiro atoms. The van der Waals surface area contributed by atoms with Crippen LogP contribution in [0, 0.1) is 0 Å². The monoisotopic (exact) mass is 439 g/mol. The van der Waals surface area contributed by atoms with Gasteiger partial charge in [-0.05, 0) is 42.5 Å². The lowest BCUT2D eigenvalue weighted by molar-refractivity contribution is 0.102. The predicted octanol–water partition coefficient (Wildman–Crippen LogP) is 6.59. The van der Waals surface area contributed by atoms with Crippen molar-refractivity contribution >= 4 is 47.4 Å². The molecule has 4 rings (SSSR count). The van der Waals surface area contributed by atoms with Crippen molar-refractivity contribution in [3.8, 4) is 22.6 Å². The number of carbonyl (C=O) groups excluding carboxylic acids is 1. The summed E-state index contributed by atoms with van der Waals surface area (Å²) >= 11 is 16.6. The van der Waals surface area contributed by atoms with Gasteiger partial charge in [0.15, 0.2) is 0 Å². The highest BCUT2D eigenvalue weighted by Gasteiger charge is 2.11. The Balaban J connectivity index is 1.53. The van der Waals surface area contributed by atoms with E-state index in [2.05, 4.69) is 27.9 Å². The Morgan fingerprint density at radius 3 is 2.52 bits per heavy atom. The molecule has 0 aliphatic heterocycles. The number of amides is 1. The number of imidazole rings is 1. The smallest absolute Gasteiger partial charge is 0.255 e. The van der Waals surface area contributed by atoms with E-state index in [-0.39, 0.29) is 5.91 Å². The van der Waals surface area contributed by atoms with Crippen molar-refractivity contribution in [2.75, 3.05) is 5.32 Å². The first-order valence-corrected chi connectivity index (χ1v) is 9.92. The van der Waals surface area contributed by atoms with E-state index in [4.69, 9.17) is 23.2 Å². The number of halogens is 2. The van der Waals surface area contributed by atoms with Crippen molar-refractivity contribution in [3.63, 3.8) is 0 Å². The third kappa shape index (κ3) is 4.32. The molecule has 1 amide bonds. The first-order valence-electron chi connectivity index (χ1n) is 8.72. The number of aromatic nitrogens is 2. The number of carbonyl (C=O) groups is 1. The van der Waals surface area contributed by atoms with Crippen molar-refractivity contribution in [1.82, 2.24) is 9.97 Å². The second-order valence-electron chi connectivity index (χ2n) is 6.31. The molecule has 0 atom stereocenters. The van der Waals surface area contributed by atoms with Crippen molar-refractivity contribution < 1.29 is 4.79 Å². The van der Waals surface area contributed by atoms with Gasteiger partial charge in [0.1, 0.15) is 5.82 Å². The van der Waals surface area contributed by atoms with Gasteiger partial charge in [-0.15, -0.1) is 12.6 Å². The minimum Gasteiger partial charge on any atom is -0.344 e. The highest BCUT2D eigenvalue weighted by Crippen LogP contribution is 2.28. The number of hydrogen-bond acceptors (Lipinski definition) is 3. The van der Waals surface area contributed by atoms with Crippen molar-refractivity contribution in [3.05, 3.63) is 88.5 Å². The molecule has 29 heavy (non-hydrogen) atoms. The molecule has 144 valence electrons. The Bertz CT molecular complexity index is 1190. The van der Waals surface area contributed by atoms with Gasteiger partial charge >= 0.3 is 0 Å². The van der Waals surface area contributed by atoms with Crippen LogP contribution in [0.2, 0.25) is 10.0 Å². The first-order chi connectivity index (χ1) is 14.0. The summed E-state index contributed by atoms with van der Waals surface area (Å²) in [5.41, 5.74) is 3.56. The van der Waals surface area contributed by atoms with Crippen LogP contribution in [0.5, 0.6) is 0 Å². The van der Waals surface area contributed by atoms with Gasteiger partial charge in [0.05, 0.1) is 16.4 Å². The summed E-state index contributed by atoms with van der Waals surface area (Å²) in [4.78, 5) is 20.9. The Morgan fingerprint density at radius 2 is 1.76 bits per heavy atom. The fourth-order valence-corrected chi connectivity index (χ4v) is 3.45. The largest absolute Gasteiger partial charge is 0.344 e. The predicted molar refractivity (Wildman–Crippen MR) is 121 cm³/mol. The molecule has 4 nitrogen and oxygen atoms in total. The van der Waals surface area contributed by atoms with Crippen LogP contribution in [-0.2, 0) is 0 Å². The van der Waals surface area contributed by atoms with E-state index in [1.165, 1.54) is 0 Å². The van der Waals surface area contributed by atoms with Crippen LogP contribution in [0.15, 0.2) is 77.8 Å². The quantitative estimate of drug-likeness (QED) is 0.314. The second-order valence-corrected chi connectivity index (χ2v) is 7.63. The summed E-state index contributed by atoms with van der Waals surface area (Å²) in [6.07, 6.45) is 1.81. The van der Waals surface area contributed by atoms with Crippen LogP contribution in [0.25, 0.3) is 22.6 Å². The molecule has 2 N–H and O–H groups in total. The molecule has 0 bridgehead atoms. The van der Waals surface area contributed by atoms with E-state index in [0.29, 0.717) is 32.0 Å². The lowest BCUT2D eigenvalue weighted by Crippen LogP contribution is -2.12. The summed E-state index contributed by atoms with van der Waals surface area (Å²) in [6, 6.07) is 19.8. The maximum absolute atomic E-state index is 12.5. The number of anilines is 1. The summed E-state index contributed by atoms with van der Waals surface area (Å²) in [6.45, 7) is 0. The first kappa shape index (κ1) is 19.6. The third-order valence-electron chi connectivity index (χ3n) is 4.36. The maximum Gasteiger partial charge on any atom is 0.255 e. The number of hydrogen-bond donors (Lipinski definition) is 3. The van der Waals surface area contributed by atoms with Crippen molar-refractivity contribution in [2.45, 2.75) is 4.90 Å². The zero-order chi connectivity index (χ0) is 20.4. The molecule has 0 aliphatic rings. The molecule has 0 unspecified atom stereocenters. The van der Waals surface area contributed by atoms with Gasteiger partial charge in [0.25, 0.3) is 5.91 Å². The van der Waals surface area contributed by atoms with Crippen LogP contribution in [-0.4, -0.2) is 15.9 Å². The van der Waals surface area contributed by atoms with Crippen LogP contribution >= 0.6 is 35.8 Å². The van der Waals surface area contributed by atoms with Gasteiger partial charge in [-0.25, -0.2) is 4.98 Å². The van der Waals surface area contributed by atoms with E-state index in [9.17, 15) is 4.79 Å². The lowest BCUT2D eigenvalue weighted by atomic mass is 10.1. The molecular formula is C22H15Cl2N3OS. The highest BCUT2D eigenvalue weighted by molar-refractivity contribution is 7.80. The Labute approximate surface area is 183 Å². The van der Waals surface area contributed by atoms with Crippen LogP contribution in [0.3, 0.4) is 0 Å². The molecule has 1 heterocycles. The highest BCUT2D eigenvalue weighted by atomic mass is 35.5. The summed E-state index contributed by atoms with van der Waals surface area (Å²) in [7, 11) is 0. The topological polar surface area (TPSA) is 57.8 Å². The average molecular weight is 440 g/mol. The fourth-order valence-electron chi connectivity index (χ4n) is 2.86. The molecule has 4 aromatic rings. The van der Waals surface area contributed by atoms with Crippen LogP contribution in [0.1, 0.15) is 10.4 Å². The van der Waals surface area contributed by atoms with Gasteiger partial charge < -0.3 is 10.3 Å². The minimum absolute atomic E-state index is 0.243. The Morgan fingerprint density at radius 1 is 1.00 bits per heavy atom. The van der Waals surface area contributed by atoms with E-state index < -0.39 is 0 Å². The van der Waals surface area contributed by atoms with Crippen molar-refractivity contribution in [2.24, 2.45) is 0 Å². The zero-order valence-electron chi connectivity index (χ0n) is 15.0. The SMILES string of the molecule is O=C(Nc1cc(Cl)ccc1S)c1ccc(-c2c[nH]c(-c3ccccc3Cl)n2)cc1. The van der Waals surface area contributed by atoms with E-state index in [1.807, 2.05) is 42.6 Å². The molecule has 0 aliphatic carbocycles. The van der Waals surface area contributed by atoms with E-state index in [0.717, 1.165) is 16.8 Å². The third-order valence-corrected chi connectivity index (χ3v) is 5.31. The normalized spacial score (nSPS) is 10.7. The molecule has 0 fully saturated rings. The van der Waals surface area contributed by atoms with Gasteiger partial charge in [-0.3, -0.25) is 4.79 Å². The average Bonchev–Trinajstić information content (AvgIpc) is 3.21. The minimum atomic E-state index is -0.243. The van der Waals surface area contributed by atoms with Gasteiger partial charge in [-0.2, -0.15) is 0 Å². The van der Waals surface area contributed by atoms with Crippen LogP contribution in [0.4, 0.5) is 5.69 Å². The van der Waals surface area contributed by atoms with Gasteiger partial charge in [0.2, 0.25) is 0 Å². The van der Waals surface area contributed by atoms with Crippen molar-refractivity contribution in [1.29, 1.82) is 0 Å².